The molecule has 20 heavy (non-hydrogen) atoms. The highest BCUT2D eigenvalue weighted by atomic mass is 16.4. The molecule has 0 aliphatic rings. The van der Waals surface area contributed by atoms with Gasteiger partial charge in [-0.2, -0.15) is 4.98 Å². The molecule has 0 saturated heterocycles. The molecule has 0 radical (unpaired) electrons. The number of aromatic carboxylic acids is 1. The molecular weight excluding hydrogens is 256 g/mol. The number of aryl methyl sites for hydroxylation is 1. The molecule has 1 heterocycles. The van der Waals surface area contributed by atoms with Crippen molar-refractivity contribution in [2.45, 2.75) is 32.2 Å². The predicted molar refractivity (Wildman–Crippen MR) is 75.9 cm³/mol. The van der Waals surface area contributed by atoms with Crippen LogP contribution in [-0.2, 0) is 6.42 Å². The molecular formula is C15H18N2O3. The van der Waals surface area contributed by atoms with E-state index in [9.17, 15) is 4.79 Å². The lowest BCUT2D eigenvalue weighted by Gasteiger charge is -2.25. The van der Waals surface area contributed by atoms with E-state index in [1.807, 2.05) is 32.0 Å². The van der Waals surface area contributed by atoms with E-state index in [2.05, 4.69) is 22.4 Å². The van der Waals surface area contributed by atoms with Gasteiger partial charge in [0.2, 0.25) is 0 Å². The van der Waals surface area contributed by atoms with E-state index in [1.54, 1.807) is 0 Å². The third kappa shape index (κ3) is 3.85. The topological polar surface area (TPSA) is 75.4 Å². The van der Waals surface area contributed by atoms with Crippen LogP contribution < -0.4 is 5.32 Å². The highest BCUT2D eigenvalue weighted by Gasteiger charge is 2.20. The number of rotatable bonds is 6. The zero-order valence-electron chi connectivity index (χ0n) is 11.6. The van der Waals surface area contributed by atoms with Gasteiger partial charge in [-0.25, -0.2) is 4.79 Å². The molecule has 5 nitrogen and oxygen atoms in total. The van der Waals surface area contributed by atoms with Crippen LogP contribution in [0.2, 0.25) is 0 Å². The smallest absolute Gasteiger partial charge is 0.357 e. The first-order chi connectivity index (χ1) is 9.46. The summed E-state index contributed by atoms with van der Waals surface area (Å²) in [7, 11) is 0. The average molecular weight is 274 g/mol. The van der Waals surface area contributed by atoms with Gasteiger partial charge in [0, 0.05) is 5.54 Å². The second-order valence-corrected chi connectivity index (χ2v) is 5.34. The highest BCUT2D eigenvalue weighted by Crippen LogP contribution is 2.20. The number of aromatic nitrogens is 1. The SMILES string of the molecule is CC(C)(CCc1ccccc1)Nc1nc(C(=O)O)co1. The van der Waals surface area contributed by atoms with Crippen molar-refractivity contribution in [3.05, 3.63) is 47.9 Å². The van der Waals surface area contributed by atoms with Gasteiger partial charge >= 0.3 is 5.97 Å². The molecule has 1 aromatic carbocycles. The van der Waals surface area contributed by atoms with E-state index in [-0.39, 0.29) is 17.2 Å². The first-order valence-electron chi connectivity index (χ1n) is 6.47. The number of carboxylic acid groups (broad SMARTS) is 1. The van der Waals surface area contributed by atoms with Crippen LogP contribution in [0.4, 0.5) is 6.01 Å². The minimum atomic E-state index is -1.09. The van der Waals surface area contributed by atoms with Crippen molar-refractivity contribution in [2.24, 2.45) is 0 Å². The van der Waals surface area contributed by atoms with Crippen molar-refractivity contribution < 1.29 is 14.3 Å². The van der Waals surface area contributed by atoms with Crippen LogP contribution in [0.15, 0.2) is 41.0 Å². The molecule has 2 N–H and O–H groups in total. The fourth-order valence-corrected chi connectivity index (χ4v) is 1.88. The van der Waals surface area contributed by atoms with Crippen LogP contribution in [0.5, 0.6) is 0 Å². The molecule has 2 rings (SSSR count). The van der Waals surface area contributed by atoms with Crippen molar-refractivity contribution >= 4 is 12.0 Å². The number of hydrogen-bond donors (Lipinski definition) is 2. The lowest BCUT2D eigenvalue weighted by atomic mass is 9.95. The van der Waals surface area contributed by atoms with Crippen LogP contribution in [-0.4, -0.2) is 21.6 Å². The number of carboxylic acids is 1. The molecule has 1 aromatic heterocycles. The van der Waals surface area contributed by atoms with Crippen LogP contribution in [0.1, 0.15) is 36.3 Å². The van der Waals surface area contributed by atoms with Gasteiger partial charge in [0.05, 0.1) is 0 Å². The van der Waals surface area contributed by atoms with Gasteiger partial charge in [-0.15, -0.1) is 0 Å². The van der Waals surface area contributed by atoms with E-state index in [4.69, 9.17) is 9.52 Å². The quantitative estimate of drug-likeness (QED) is 0.846. The minimum absolute atomic E-state index is 0.0913. The number of benzene rings is 1. The summed E-state index contributed by atoms with van der Waals surface area (Å²) in [6.07, 6.45) is 2.94. The van der Waals surface area contributed by atoms with E-state index in [1.165, 1.54) is 5.56 Å². The second kappa shape index (κ2) is 5.77. The Balaban J connectivity index is 1.94. The molecule has 2 aromatic rings. The third-order valence-electron chi connectivity index (χ3n) is 3.05. The van der Waals surface area contributed by atoms with Gasteiger partial charge in [0.15, 0.2) is 5.69 Å². The molecule has 106 valence electrons. The molecule has 0 saturated carbocycles. The lowest BCUT2D eigenvalue weighted by Crippen LogP contribution is -2.31. The van der Waals surface area contributed by atoms with Crippen molar-refractivity contribution in [1.29, 1.82) is 0 Å². The monoisotopic (exact) mass is 274 g/mol. The summed E-state index contributed by atoms with van der Waals surface area (Å²) < 4.78 is 5.11. The number of anilines is 1. The average Bonchev–Trinajstić information content (AvgIpc) is 2.86. The van der Waals surface area contributed by atoms with E-state index in [0.717, 1.165) is 19.1 Å². The molecule has 5 heteroatoms. The maximum Gasteiger partial charge on any atom is 0.357 e. The fourth-order valence-electron chi connectivity index (χ4n) is 1.88. The Labute approximate surface area is 117 Å². The molecule has 0 fully saturated rings. The first kappa shape index (κ1) is 14.1. The van der Waals surface area contributed by atoms with E-state index in [0.29, 0.717) is 0 Å². The number of carbonyl (C=O) groups is 1. The predicted octanol–water partition coefficient (Wildman–Crippen LogP) is 3.20. The molecule has 0 amide bonds. The van der Waals surface area contributed by atoms with Gasteiger partial charge in [-0.1, -0.05) is 30.3 Å². The van der Waals surface area contributed by atoms with E-state index < -0.39 is 5.97 Å². The third-order valence-corrected chi connectivity index (χ3v) is 3.05. The number of oxazole rings is 1. The summed E-state index contributed by atoms with van der Waals surface area (Å²) in [5, 5.41) is 11.9. The largest absolute Gasteiger partial charge is 0.476 e. The Kier molecular flexibility index (Phi) is 4.08. The van der Waals surface area contributed by atoms with Crippen LogP contribution in [0.3, 0.4) is 0 Å². The molecule has 0 aliphatic heterocycles. The maximum atomic E-state index is 10.7. The van der Waals surface area contributed by atoms with Crippen molar-refractivity contribution in [2.75, 3.05) is 5.32 Å². The highest BCUT2D eigenvalue weighted by molar-refractivity contribution is 5.85. The van der Waals surface area contributed by atoms with Gasteiger partial charge < -0.3 is 14.8 Å². The summed E-state index contributed by atoms with van der Waals surface area (Å²) in [5.41, 5.74) is 0.934. The Morgan fingerprint density at radius 3 is 2.65 bits per heavy atom. The van der Waals surface area contributed by atoms with Gasteiger partial charge in [0.1, 0.15) is 6.26 Å². The maximum absolute atomic E-state index is 10.7. The van der Waals surface area contributed by atoms with Crippen molar-refractivity contribution in [3.63, 3.8) is 0 Å². The van der Waals surface area contributed by atoms with Crippen molar-refractivity contribution in [1.82, 2.24) is 4.98 Å². The number of nitrogens with zero attached hydrogens (tertiary/aromatic N) is 1. The molecule has 0 aliphatic carbocycles. The summed E-state index contributed by atoms with van der Waals surface area (Å²) in [5.74, 6) is -1.09. The van der Waals surface area contributed by atoms with Crippen LogP contribution >= 0.6 is 0 Å². The molecule has 0 bridgehead atoms. The Bertz CT molecular complexity index is 576. The van der Waals surface area contributed by atoms with Crippen LogP contribution in [0, 0.1) is 0 Å². The van der Waals surface area contributed by atoms with Crippen molar-refractivity contribution in [3.8, 4) is 0 Å². The Morgan fingerprint density at radius 2 is 2.05 bits per heavy atom. The molecule has 0 spiro atoms. The van der Waals surface area contributed by atoms with Gasteiger partial charge in [0.25, 0.3) is 6.01 Å². The summed E-state index contributed by atoms with van der Waals surface area (Å²) >= 11 is 0. The zero-order valence-corrected chi connectivity index (χ0v) is 11.6. The Morgan fingerprint density at radius 1 is 1.35 bits per heavy atom. The fraction of sp³-hybridized carbons (Fsp3) is 0.333. The van der Waals surface area contributed by atoms with Crippen LogP contribution in [0.25, 0.3) is 0 Å². The summed E-state index contributed by atoms with van der Waals surface area (Å²) in [4.78, 5) is 14.6. The second-order valence-electron chi connectivity index (χ2n) is 5.34. The zero-order chi connectivity index (χ0) is 14.6. The van der Waals surface area contributed by atoms with E-state index >= 15 is 0 Å². The molecule has 0 unspecified atom stereocenters. The normalized spacial score (nSPS) is 11.3. The van der Waals surface area contributed by atoms with Gasteiger partial charge in [-0.3, -0.25) is 0 Å². The summed E-state index contributed by atoms with van der Waals surface area (Å²) in [6, 6.07) is 10.4. The standard InChI is InChI=1S/C15H18N2O3/c1-15(2,9-8-11-6-4-3-5-7-11)17-14-16-12(10-20-14)13(18)19/h3-7,10H,8-9H2,1-2H3,(H,16,17)(H,18,19). The molecule has 0 atom stereocenters. The Hall–Kier alpha value is -2.30. The van der Waals surface area contributed by atoms with Gasteiger partial charge in [-0.05, 0) is 32.3 Å². The summed E-state index contributed by atoms with van der Waals surface area (Å²) in [6.45, 7) is 4.06. The number of hydrogen-bond acceptors (Lipinski definition) is 4. The first-order valence-corrected chi connectivity index (χ1v) is 6.47. The lowest BCUT2D eigenvalue weighted by molar-refractivity contribution is 0.0690. The number of nitrogens with one attached hydrogen (secondary N) is 1. The minimum Gasteiger partial charge on any atom is -0.476 e.